The summed E-state index contributed by atoms with van der Waals surface area (Å²) in [6.45, 7) is 2.39. The van der Waals surface area contributed by atoms with Crippen molar-refractivity contribution in [1.82, 2.24) is 18.7 Å². The molecule has 2 heterocycles. The Labute approximate surface area is 119 Å². The van der Waals surface area contributed by atoms with Crippen LogP contribution < -0.4 is 11.2 Å². The molecular weight excluding hydrogens is 280 g/mol. The first-order chi connectivity index (χ1) is 9.93. The maximum absolute atomic E-state index is 12.3. The highest BCUT2D eigenvalue weighted by atomic mass is 16.5. The molecule has 9 nitrogen and oxygen atoms in total. The Bertz CT molecular complexity index is 814. The first-order valence-electron chi connectivity index (χ1n) is 6.36. The largest absolute Gasteiger partial charge is 0.475 e. The predicted octanol–water partition coefficient (Wildman–Crippen LogP) is -0.739. The fourth-order valence-electron chi connectivity index (χ4n) is 2.21. The molecule has 9 heteroatoms. The number of imidazole rings is 1. The van der Waals surface area contributed by atoms with Gasteiger partial charge >= 0.3 is 11.7 Å². The summed E-state index contributed by atoms with van der Waals surface area (Å²) < 4.78 is 8.42. The molecule has 0 aliphatic rings. The molecule has 0 aliphatic heterocycles. The predicted molar refractivity (Wildman–Crippen MR) is 73.7 cm³/mol. The minimum atomic E-state index is -1.25. The number of carbonyl (C=O) groups is 1. The third-order valence-electron chi connectivity index (χ3n) is 3.26. The van der Waals surface area contributed by atoms with Crippen molar-refractivity contribution < 1.29 is 14.6 Å². The number of aromatic nitrogens is 4. The molecule has 0 spiro atoms. The Hall–Kier alpha value is -2.42. The lowest BCUT2D eigenvalue weighted by atomic mass is 10.4. The van der Waals surface area contributed by atoms with Gasteiger partial charge in [-0.05, 0) is 6.92 Å². The average Bonchev–Trinajstić information content (AvgIpc) is 2.84. The lowest BCUT2D eigenvalue weighted by Gasteiger charge is -2.08. The van der Waals surface area contributed by atoms with Crippen molar-refractivity contribution in [3.63, 3.8) is 0 Å². The van der Waals surface area contributed by atoms with Gasteiger partial charge in [0.05, 0.1) is 13.2 Å². The van der Waals surface area contributed by atoms with Gasteiger partial charge in [-0.25, -0.2) is 14.6 Å². The number of carboxylic acids is 1. The number of hydrogen-bond acceptors (Lipinski definition) is 5. The van der Waals surface area contributed by atoms with Gasteiger partial charge in [-0.1, -0.05) is 0 Å². The van der Waals surface area contributed by atoms with E-state index in [1.807, 2.05) is 0 Å². The van der Waals surface area contributed by atoms with E-state index < -0.39 is 17.2 Å². The third kappa shape index (κ3) is 2.25. The van der Waals surface area contributed by atoms with Gasteiger partial charge < -0.3 is 14.4 Å². The van der Waals surface area contributed by atoms with Crippen LogP contribution in [0.5, 0.6) is 0 Å². The Kier molecular flexibility index (Phi) is 3.94. The summed E-state index contributed by atoms with van der Waals surface area (Å²) >= 11 is 0. The minimum absolute atomic E-state index is 0.0689. The van der Waals surface area contributed by atoms with Crippen LogP contribution in [0, 0.1) is 0 Å². The van der Waals surface area contributed by atoms with Crippen LogP contribution in [0.4, 0.5) is 0 Å². The molecule has 0 atom stereocenters. The van der Waals surface area contributed by atoms with E-state index in [-0.39, 0.29) is 36.7 Å². The SMILES string of the molecule is CCn1c(C(=O)O)nc2c1c(=O)n(C)c(=O)n2CCOC. The standard InChI is InChI=1S/C12H16N4O5/c1-4-15-7-8(13-9(15)11(18)19)16(5-6-21-3)12(20)14(2)10(7)17/h4-6H2,1-3H3,(H,18,19). The zero-order valence-electron chi connectivity index (χ0n) is 12.0. The molecular formula is C12H16N4O5. The molecule has 0 unspecified atom stereocenters. The first kappa shape index (κ1) is 15.0. The number of rotatable bonds is 5. The summed E-state index contributed by atoms with van der Waals surface area (Å²) in [6.07, 6.45) is 0. The Morgan fingerprint density at radius 3 is 2.52 bits per heavy atom. The second-order valence-corrected chi connectivity index (χ2v) is 4.45. The van der Waals surface area contributed by atoms with E-state index >= 15 is 0 Å². The number of aryl methyl sites for hydroxylation is 1. The van der Waals surface area contributed by atoms with E-state index in [2.05, 4.69) is 4.98 Å². The molecule has 0 fully saturated rings. The van der Waals surface area contributed by atoms with Crippen LogP contribution in [0.3, 0.4) is 0 Å². The summed E-state index contributed by atoms with van der Waals surface area (Å²) in [5.41, 5.74) is -0.944. The van der Waals surface area contributed by atoms with E-state index in [0.29, 0.717) is 0 Å². The van der Waals surface area contributed by atoms with Crippen LogP contribution in [0.1, 0.15) is 17.5 Å². The van der Waals surface area contributed by atoms with E-state index in [4.69, 9.17) is 4.74 Å². The highest BCUT2D eigenvalue weighted by Gasteiger charge is 2.22. The van der Waals surface area contributed by atoms with Gasteiger partial charge in [-0.3, -0.25) is 13.9 Å². The molecule has 0 radical (unpaired) electrons. The Morgan fingerprint density at radius 1 is 1.33 bits per heavy atom. The van der Waals surface area contributed by atoms with Crippen molar-refractivity contribution in [3.05, 3.63) is 26.7 Å². The monoisotopic (exact) mass is 296 g/mol. The second-order valence-electron chi connectivity index (χ2n) is 4.45. The zero-order chi connectivity index (χ0) is 15.7. The molecule has 0 saturated heterocycles. The summed E-state index contributed by atoms with van der Waals surface area (Å²) in [7, 11) is 2.83. The van der Waals surface area contributed by atoms with Gasteiger partial charge in [0.2, 0.25) is 5.82 Å². The number of carboxylic acid groups (broad SMARTS) is 1. The van der Waals surface area contributed by atoms with Crippen LogP contribution in [-0.4, -0.2) is 43.5 Å². The van der Waals surface area contributed by atoms with Crippen molar-refractivity contribution >= 4 is 17.1 Å². The normalized spacial score (nSPS) is 11.2. The summed E-state index contributed by atoms with van der Waals surface area (Å²) in [6, 6.07) is 0. The number of ether oxygens (including phenoxy) is 1. The summed E-state index contributed by atoms with van der Waals surface area (Å²) in [5.74, 6) is -1.51. The van der Waals surface area contributed by atoms with Crippen LogP contribution in [-0.2, 0) is 24.9 Å². The molecule has 0 saturated carbocycles. The lowest BCUT2D eigenvalue weighted by molar-refractivity contribution is 0.0679. The Morgan fingerprint density at radius 2 is 2.00 bits per heavy atom. The topological polar surface area (TPSA) is 108 Å². The fraction of sp³-hybridized carbons (Fsp3) is 0.500. The highest BCUT2D eigenvalue weighted by molar-refractivity contribution is 5.88. The number of hydrogen-bond donors (Lipinski definition) is 1. The van der Waals surface area contributed by atoms with E-state index in [1.165, 1.54) is 23.3 Å². The van der Waals surface area contributed by atoms with Gasteiger partial charge in [0, 0.05) is 20.7 Å². The molecule has 0 amide bonds. The highest BCUT2D eigenvalue weighted by Crippen LogP contribution is 2.11. The maximum atomic E-state index is 12.3. The molecule has 0 aromatic carbocycles. The maximum Gasteiger partial charge on any atom is 0.372 e. The van der Waals surface area contributed by atoms with E-state index in [0.717, 1.165) is 4.57 Å². The average molecular weight is 296 g/mol. The van der Waals surface area contributed by atoms with Crippen molar-refractivity contribution in [3.8, 4) is 0 Å². The van der Waals surface area contributed by atoms with Crippen molar-refractivity contribution in [1.29, 1.82) is 0 Å². The third-order valence-corrected chi connectivity index (χ3v) is 3.26. The van der Waals surface area contributed by atoms with Gasteiger partial charge in [0.15, 0.2) is 11.2 Å². The molecule has 2 rings (SSSR count). The molecule has 21 heavy (non-hydrogen) atoms. The summed E-state index contributed by atoms with van der Waals surface area (Å²) in [5, 5.41) is 9.19. The van der Waals surface area contributed by atoms with Crippen LogP contribution in [0.2, 0.25) is 0 Å². The van der Waals surface area contributed by atoms with Gasteiger partial charge in [-0.2, -0.15) is 0 Å². The lowest BCUT2D eigenvalue weighted by Crippen LogP contribution is -2.39. The zero-order valence-corrected chi connectivity index (χ0v) is 12.0. The number of aromatic carboxylic acids is 1. The fourth-order valence-corrected chi connectivity index (χ4v) is 2.21. The number of methoxy groups -OCH3 is 1. The van der Waals surface area contributed by atoms with Gasteiger partial charge in [0.25, 0.3) is 5.56 Å². The van der Waals surface area contributed by atoms with Crippen molar-refractivity contribution in [2.75, 3.05) is 13.7 Å². The number of fused-ring (bicyclic) bond motifs is 1. The molecule has 2 aromatic heterocycles. The summed E-state index contributed by atoms with van der Waals surface area (Å²) in [4.78, 5) is 39.6. The van der Waals surface area contributed by atoms with Crippen LogP contribution in [0.25, 0.3) is 11.2 Å². The van der Waals surface area contributed by atoms with Crippen molar-refractivity contribution in [2.24, 2.45) is 7.05 Å². The second kappa shape index (κ2) is 5.52. The van der Waals surface area contributed by atoms with Crippen LogP contribution in [0.15, 0.2) is 9.59 Å². The first-order valence-corrected chi connectivity index (χ1v) is 6.36. The molecule has 0 bridgehead atoms. The molecule has 0 aliphatic carbocycles. The molecule has 114 valence electrons. The van der Waals surface area contributed by atoms with Crippen LogP contribution >= 0.6 is 0 Å². The van der Waals surface area contributed by atoms with Gasteiger partial charge in [-0.15, -0.1) is 0 Å². The minimum Gasteiger partial charge on any atom is -0.475 e. The van der Waals surface area contributed by atoms with Gasteiger partial charge in [0.1, 0.15) is 0 Å². The molecule has 1 N–H and O–H groups in total. The van der Waals surface area contributed by atoms with E-state index in [9.17, 15) is 19.5 Å². The smallest absolute Gasteiger partial charge is 0.372 e. The molecule has 2 aromatic rings. The van der Waals surface area contributed by atoms with E-state index in [1.54, 1.807) is 6.92 Å². The quantitative estimate of drug-likeness (QED) is 0.778. The Balaban J connectivity index is 2.94. The number of nitrogens with zero attached hydrogens (tertiary/aromatic N) is 4. The van der Waals surface area contributed by atoms with Crippen molar-refractivity contribution in [2.45, 2.75) is 20.0 Å².